The number of aliphatic hydroxyl groups is 1. The van der Waals surface area contributed by atoms with Crippen molar-refractivity contribution in [3.8, 4) is 0 Å². The highest BCUT2D eigenvalue weighted by atomic mass is 127. The number of nitrogens with one attached hydrogen (secondary N) is 1. The Labute approximate surface area is 256 Å². The lowest BCUT2D eigenvalue weighted by molar-refractivity contribution is -0.932. The molecule has 0 aromatic heterocycles. The van der Waals surface area contributed by atoms with Crippen LogP contribution in [0.25, 0.3) is 0 Å². The topological polar surface area (TPSA) is 77.0 Å². The number of nitrogens with zero attached hydrogens (tertiary/aromatic N) is 1. The fourth-order valence-corrected chi connectivity index (χ4v) is 19.9. The Morgan fingerprint density at radius 3 is 1.71 bits per heavy atom. The number of hydrogen-bond acceptors (Lipinski definition) is 5. The molecule has 0 spiro atoms. The molecule has 1 aliphatic rings. The summed E-state index contributed by atoms with van der Waals surface area (Å²) in [4.78, 5) is 12.5. The molecule has 0 radical (unpaired) electrons. The van der Waals surface area contributed by atoms with E-state index in [-0.39, 0.29) is 29.9 Å². The number of halogens is 1. The monoisotopic (exact) mass is 720 g/mol. The van der Waals surface area contributed by atoms with Crippen molar-refractivity contribution >= 4 is 39.7 Å². The first-order chi connectivity index (χ1) is 17.0. The number of carbonyl (C=O) groups is 1. The zero-order chi connectivity index (χ0) is 28.2. The molecule has 0 bridgehead atoms. The van der Waals surface area contributed by atoms with E-state index in [1.165, 1.54) is 49.8 Å². The van der Waals surface area contributed by atoms with Crippen molar-refractivity contribution < 1.29 is 50.7 Å². The van der Waals surface area contributed by atoms with Crippen LogP contribution in [-0.4, -0.2) is 88.6 Å². The largest absolute Gasteiger partial charge is 1.00 e. The highest BCUT2D eigenvalue weighted by molar-refractivity contribution is 6.90. The Kier molecular flexibility index (Phi) is 18.1. The predicted octanol–water partition coefficient (Wildman–Crippen LogP) is 2.93. The van der Waals surface area contributed by atoms with Gasteiger partial charge < -0.3 is 51.2 Å². The van der Waals surface area contributed by atoms with Gasteiger partial charge in [0, 0.05) is 32.0 Å². The molecule has 1 fully saturated rings. The number of amides is 1. The van der Waals surface area contributed by atoms with Crippen LogP contribution in [0.4, 0.5) is 0 Å². The minimum atomic E-state index is -2.83. The molecule has 0 saturated carbocycles. The van der Waals surface area contributed by atoms with Crippen LogP contribution in [-0.2, 0) is 17.1 Å². The molecular formula is C26H61IN2O5Si4. The minimum Gasteiger partial charge on any atom is -1.00 e. The Hall–Kier alpha value is 0.868. The van der Waals surface area contributed by atoms with E-state index in [1.807, 2.05) is 0 Å². The van der Waals surface area contributed by atoms with Gasteiger partial charge in [0.05, 0.1) is 26.2 Å². The van der Waals surface area contributed by atoms with Gasteiger partial charge in [0.1, 0.15) is 0 Å². The van der Waals surface area contributed by atoms with Crippen LogP contribution in [0.15, 0.2) is 0 Å². The lowest BCUT2D eigenvalue weighted by Gasteiger charge is -2.43. The molecule has 0 atom stereocenters. The Morgan fingerprint density at radius 1 is 0.737 bits per heavy atom. The summed E-state index contributed by atoms with van der Waals surface area (Å²) in [6.45, 7) is 25.6. The van der Waals surface area contributed by atoms with Crippen molar-refractivity contribution in [2.24, 2.45) is 0 Å². The Balaban J connectivity index is 0.0000137. The Morgan fingerprint density at radius 2 is 1.24 bits per heavy atom. The summed E-state index contributed by atoms with van der Waals surface area (Å²) >= 11 is 0. The molecule has 1 amide bonds. The zero-order valence-corrected chi connectivity index (χ0v) is 32.4. The third-order valence-electron chi connectivity index (χ3n) is 6.46. The first-order valence-electron chi connectivity index (χ1n) is 14.8. The fraction of sp³-hybridized carbons (Fsp3) is 0.962. The first-order valence-corrected chi connectivity index (χ1v) is 27.0. The lowest BCUT2D eigenvalue weighted by Crippen LogP contribution is -3.00. The van der Waals surface area contributed by atoms with Crippen LogP contribution < -0.4 is 29.3 Å². The molecule has 0 unspecified atom stereocenters. The summed E-state index contributed by atoms with van der Waals surface area (Å²) in [7, 11) is -8.44. The summed E-state index contributed by atoms with van der Waals surface area (Å²) in [5, 5.41) is 12.4. The van der Waals surface area contributed by atoms with Crippen molar-refractivity contribution in [2.45, 2.75) is 123 Å². The normalized spacial score (nSPS) is 16.7. The van der Waals surface area contributed by atoms with E-state index in [0.29, 0.717) is 19.6 Å². The number of unbranched alkanes of at least 4 members (excludes halogenated alkanes) is 2. The second-order valence-electron chi connectivity index (χ2n) is 14.0. The second kappa shape index (κ2) is 17.7. The van der Waals surface area contributed by atoms with Gasteiger partial charge in [-0.05, 0) is 104 Å². The molecule has 0 aliphatic carbocycles. The maximum absolute atomic E-state index is 12.5. The summed E-state index contributed by atoms with van der Waals surface area (Å²) < 4.78 is 21.4. The molecule has 0 aromatic rings. The maximum atomic E-state index is 12.5. The number of rotatable bonds is 19. The van der Waals surface area contributed by atoms with Gasteiger partial charge in [-0.25, -0.2) is 0 Å². The molecule has 1 saturated heterocycles. The quantitative estimate of drug-likeness (QED) is 0.0930. The maximum Gasteiger partial charge on any atom is 0.469 e. The van der Waals surface area contributed by atoms with Crippen molar-refractivity contribution in [3.05, 3.63) is 0 Å². The molecule has 1 rings (SSSR count). The van der Waals surface area contributed by atoms with E-state index in [2.05, 4.69) is 64.2 Å². The van der Waals surface area contributed by atoms with Gasteiger partial charge in [0.2, 0.25) is 5.91 Å². The van der Waals surface area contributed by atoms with E-state index in [9.17, 15) is 9.90 Å². The van der Waals surface area contributed by atoms with Crippen LogP contribution >= 0.6 is 0 Å². The summed E-state index contributed by atoms with van der Waals surface area (Å²) in [6.07, 6.45) is 9.51. The molecule has 12 heteroatoms. The molecule has 1 heterocycles. The van der Waals surface area contributed by atoms with Gasteiger partial charge in [0.15, 0.2) is 25.0 Å². The second-order valence-corrected chi connectivity index (χ2v) is 31.0. The third kappa shape index (κ3) is 18.3. The number of hydrogen-bond donors (Lipinski definition) is 2. The molecule has 0 aromatic carbocycles. The summed E-state index contributed by atoms with van der Waals surface area (Å²) in [5.74, 6) is 0.151. The smallest absolute Gasteiger partial charge is 0.469 e. The zero-order valence-electron chi connectivity index (χ0n) is 26.2. The van der Waals surface area contributed by atoms with Crippen LogP contribution in [0.5, 0.6) is 0 Å². The number of carbonyl (C=O) groups excluding carboxylic acids is 1. The van der Waals surface area contributed by atoms with E-state index < -0.39 is 33.8 Å². The van der Waals surface area contributed by atoms with Gasteiger partial charge in [0.25, 0.3) is 0 Å². The van der Waals surface area contributed by atoms with Crippen molar-refractivity contribution in [3.63, 3.8) is 0 Å². The summed E-state index contributed by atoms with van der Waals surface area (Å²) in [6, 6.07) is 0.764. The molecular weight excluding hydrogens is 660 g/mol. The highest BCUT2D eigenvalue weighted by Gasteiger charge is 2.49. The summed E-state index contributed by atoms with van der Waals surface area (Å²) in [5.41, 5.74) is 0. The average molecular weight is 721 g/mol. The van der Waals surface area contributed by atoms with Gasteiger partial charge in [-0.2, -0.15) is 0 Å². The molecule has 228 valence electrons. The van der Waals surface area contributed by atoms with E-state index in [1.54, 1.807) is 0 Å². The minimum absolute atomic E-state index is 0. The van der Waals surface area contributed by atoms with E-state index >= 15 is 0 Å². The highest BCUT2D eigenvalue weighted by Crippen LogP contribution is 2.29. The average Bonchev–Trinajstić information content (AvgIpc) is 2.72. The van der Waals surface area contributed by atoms with Crippen LogP contribution in [0.3, 0.4) is 0 Å². The number of likely N-dealkylation sites (tertiary alicyclic amines) is 1. The van der Waals surface area contributed by atoms with E-state index in [0.717, 1.165) is 38.3 Å². The van der Waals surface area contributed by atoms with E-state index in [4.69, 9.17) is 12.3 Å². The van der Waals surface area contributed by atoms with Crippen LogP contribution in [0.2, 0.25) is 65.0 Å². The van der Waals surface area contributed by atoms with Gasteiger partial charge in [-0.15, -0.1) is 0 Å². The van der Waals surface area contributed by atoms with Crippen LogP contribution in [0.1, 0.15) is 57.8 Å². The van der Waals surface area contributed by atoms with Crippen LogP contribution in [0, 0.1) is 0 Å². The van der Waals surface area contributed by atoms with Gasteiger partial charge in [-0.1, -0.05) is 0 Å². The predicted molar refractivity (Wildman–Crippen MR) is 165 cm³/mol. The van der Waals surface area contributed by atoms with Crippen molar-refractivity contribution in [1.82, 2.24) is 5.32 Å². The Bertz CT molecular complexity index is 623. The standard InChI is InChI=1S/C26H60N2O5Si4.HI/c1-34(2,3)31-37(32-35(4,5)6,33-36(7,8)9)25-16-19-27-26(30)18-12-10-13-20-28(23-17-24-29)21-14-11-15-22-28;/h29H,10-25H2,1-9H3;1H. The number of aliphatic hydroxyl groups excluding tert-OH is 1. The van der Waals surface area contributed by atoms with Crippen molar-refractivity contribution in [2.75, 3.05) is 39.3 Å². The van der Waals surface area contributed by atoms with Crippen molar-refractivity contribution in [1.29, 1.82) is 0 Å². The molecule has 38 heavy (non-hydrogen) atoms. The molecule has 7 nitrogen and oxygen atoms in total. The third-order valence-corrected chi connectivity index (χ3v) is 18.5. The van der Waals surface area contributed by atoms with Gasteiger partial charge in [-0.3, -0.25) is 4.79 Å². The van der Waals surface area contributed by atoms with Gasteiger partial charge >= 0.3 is 8.80 Å². The fourth-order valence-electron chi connectivity index (χ4n) is 5.29. The molecule has 2 N–H and O–H groups in total. The number of piperidine rings is 1. The SMILES string of the molecule is C[Si](C)(C)O[Si](CCCNC(=O)CCCCC[N+]1(CCCO)CCCCC1)(O[Si](C)(C)C)O[Si](C)(C)C.[I-]. The molecule has 1 aliphatic heterocycles. The lowest BCUT2D eigenvalue weighted by atomic mass is 10.0. The number of quaternary nitrogens is 1. The first kappa shape index (κ1) is 38.9.